The zero-order chi connectivity index (χ0) is 15.0. The van der Waals surface area contributed by atoms with Gasteiger partial charge in [0.1, 0.15) is 13.2 Å². The molecule has 3 rings (SSSR count). The molecule has 4 N–H and O–H groups in total. The van der Waals surface area contributed by atoms with Crippen molar-refractivity contribution >= 4 is 11.6 Å². The van der Waals surface area contributed by atoms with Crippen LogP contribution in [0.1, 0.15) is 18.9 Å². The van der Waals surface area contributed by atoms with Crippen LogP contribution in [0.25, 0.3) is 0 Å². The molecule has 6 heteroatoms. The molecule has 1 aromatic rings. The highest BCUT2D eigenvalue weighted by atomic mass is 16.6. The average molecular weight is 291 g/mol. The molecule has 21 heavy (non-hydrogen) atoms. The minimum absolute atomic E-state index is 0.236. The molecule has 1 fully saturated rings. The van der Waals surface area contributed by atoms with Crippen molar-refractivity contribution < 1.29 is 14.3 Å². The summed E-state index contributed by atoms with van der Waals surface area (Å²) in [6.45, 7) is 5.21. The highest BCUT2D eigenvalue weighted by Crippen LogP contribution is 2.36. The number of hydrogen-bond acceptors (Lipinski definition) is 5. The average Bonchev–Trinajstić information content (AvgIpc) is 2.83. The number of anilines is 1. The maximum atomic E-state index is 11.5. The Bertz CT molecular complexity index is 576. The monoisotopic (exact) mass is 291 g/mol. The molecule has 0 radical (unpaired) electrons. The Morgan fingerprint density at radius 2 is 2.00 bits per heavy atom. The summed E-state index contributed by atoms with van der Waals surface area (Å²) in [7, 11) is 0. The number of carbonyl (C=O) groups is 1. The van der Waals surface area contributed by atoms with Gasteiger partial charge in [0.25, 0.3) is 0 Å². The molecule has 1 saturated heterocycles. The number of rotatable bonds is 3. The quantitative estimate of drug-likeness (QED) is 0.801. The molecule has 114 valence electrons. The van der Waals surface area contributed by atoms with Gasteiger partial charge in [0.15, 0.2) is 11.5 Å². The molecule has 2 aliphatic heterocycles. The van der Waals surface area contributed by atoms with E-state index in [0.717, 1.165) is 24.3 Å². The summed E-state index contributed by atoms with van der Waals surface area (Å²) in [5.74, 6) is 1.20. The fraction of sp³-hybridized carbons (Fsp3) is 0.533. The summed E-state index contributed by atoms with van der Waals surface area (Å²) in [4.78, 5) is 13.7. The third kappa shape index (κ3) is 2.63. The van der Waals surface area contributed by atoms with Crippen LogP contribution in [0.15, 0.2) is 12.1 Å². The maximum Gasteiger partial charge on any atom is 0.224 e. The van der Waals surface area contributed by atoms with Gasteiger partial charge in [0.05, 0.1) is 5.41 Å². The molecule has 2 aliphatic rings. The molecule has 1 amide bonds. The highest BCUT2D eigenvalue weighted by molar-refractivity contribution is 5.81. The van der Waals surface area contributed by atoms with Gasteiger partial charge >= 0.3 is 0 Å². The topological polar surface area (TPSA) is 90.8 Å². The summed E-state index contributed by atoms with van der Waals surface area (Å²) < 4.78 is 11.1. The first-order valence-corrected chi connectivity index (χ1v) is 7.18. The van der Waals surface area contributed by atoms with E-state index in [4.69, 9.17) is 20.9 Å². The standard InChI is InChI=1S/C15H21N3O3/c1-15(14(17)19)2-3-18(9-15)8-10-6-12-13(7-11(10)16)21-5-4-20-12/h6-7H,2-5,8-9,16H2,1H3,(H2,17,19). The zero-order valence-electron chi connectivity index (χ0n) is 12.2. The number of hydrogen-bond donors (Lipinski definition) is 2. The summed E-state index contributed by atoms with van der Waals surface area (Å²) in [5, 5.41) is 0. The van der Waals surface area contributed by atoms with E-state index in [0.29, 0.717) is 37.7 Å². The number of benzene rings is 1. The molecule has 1 unspecified atom stereocenters. The fourth-order valence-electron chi connectivity index (χ4n) is 2.92. The minimum atomic E-state index is -0.442. The number of nitrogens with zero attached hydrogens (tertiary/aromatic N) is 1. The Hall–Kier alpha value is -1.95. The van der Waals surface area contributed by atoms with E-state index in [-0.39, 0.29) is 5.91 Å². The van der Waals surface area contributed by atoms with Gasteiger partial charge in [0.2, 0.25) is 5.91 Å². The van der Waals surface area contributed by atoms with Crippen LogP contribution in [0.3, 0.4) is 0 Å². The van der Waals surface area contributed by atoms with E-state index in [1.807, 2.05) is 19.1 Å². The fourth-order valence-corrected chi connectivity index (χ4v) is 2.92. The highest BCUT2D eigenvalue weighted by Gasteiger charge is 2.38. The summed E-state index contributed by atoms with van der Waals surface area (Å²) in [6.07, 6.45) is 0.785. The van der Waals surface area contributed by atoms with Crippen molar-refractivity contribution in [2.45, 2.75) is 19.9 Å². The van der Waals surface area contributed by atoms with E-state index >= 15 is 0 Å². The maximum absolute atomic E-state index is 11.5. The third-order valence-electron chi connectivity index (χ3n) is 4.35. The van der Waals surface area contributed by atoms with Crippen LogP contribution in [0.2, 0.25) is 0 Å². The first-order chi connectivity index (χ1) is 9.98. The molecule has 6 nitrogen and oxygen atoms in total. The lowest BCUT2D eigenvalue weighted by molar-refractivity contribution is -0.126. The Morgan fingerprint density at radius 1 is 1.33 bits per heavy atom. The van der Waals surface area contributed by atoms with E-state index in [1.165, 1.54) is 0 Å². The van der Waals surface area contributed by atoms with Crippen LogP contribution in [-0.4, -0.2) is 37.1 Å². The van der Waals surface area contributed by atoms with Gasteiger partial charge < -0.3 is 20.9 Å². The van der Waals surface area contributed by atoms with Gasteiger partial charge in [-0.3, -0.25) is 9.69 Å². The van der Waals surface area contributed by atoms with Crippen molar-refractivity contribution in [3.05, 3.63) is 17.7 Å². The second-order valence-electron chi connectivity index (χ2n) is 6.08. The van der Waals surface area contributed by atoms with Crippen molar-refractivity contribution in [1.82, 2.24) is 4.90 Å². The predicted octanol–water partition coefficient (Wildman–Crippen LogP) is 0.737. The number of ether oxygens (including phenoxy) is 2. The van der Waals surface area contributed by atoms with Crippen LogP contribution in [0.5, 0.6) is 11.5 Å². The predicted molar refractivity (Wildman–Crippen MR) is 79.0 cm³/mol. The second kappa shape index (κ2) is 5.11. The van der Waals surface area contributed by atoms with E-state index in [2.05, 4.69) is 4.90 Å². The van der Waals surface area contributed by atoms with Gasteiger partial charge in [-0.05, 0) is 31.5 Å². The number of nitrogen functional groups attached to an aromatic ring is 1. The van der Waals surface area contributed by atoms with Gasteiger partial charge in [-0.2, -0.15) is 0 Å². The molecule has 0 aliphatic carbocycles. The van der Waals surface area contributed by atoms with Gasteiger partial charge in [-0.15, -0.1) is 0 Å². The van der Waals surface area contributed by atoms with E-state index in [1.54, 1.807) is 0 Å². The number of carbonyl (C=O) groups excluding carboxylic acids is 1. The third-order valence-corrected chi connectivity index (χ3v) is 4.35. The second-order valence-corrected chi connectivity index (χ2v) is 6.08. The van der Waals surface area contributed by atoms with Crippen molar-refractivity contribution in [2.24, 2.45) is 11.1 Å². The zero-order valence-corrected chi connectivity index (χ0v) is 12.2. The Morgan fingerprint density at radius 3 is 2.62 bits per heavy atom. The lowest BCUT2D eigenvalue weighted by Gasteiger charge is -2.23. The summed E-state index contributed by atoms with van der Waals surface area (Å²) >= 11 is 0. The largest absolute Gasteiger partial charge is 0.486 e. The molecular formula is C15H21N3O3. The number of amides is 1. The number of primary amides is 1. The van der Waals surface area contributed by atoms with E-state index < -0.39 is 5.41 Å². The summed E-state index contributed by atoms with van der Waals surface area (Å²) in [6, 6.07) is 3.75. The smallest absolute Gasteiger partial charge is 0.224 e. The van der Waals surface area contributed by atoms with Crippen molar-refractivity contribution in [3.63, 3.8) is 0 Å². The molecule has 0 bridgehead atoms. The normalized spacial score (nSPS) is 25.0. The first kappa shape index (κ1) is 14.0. The number of likely N-dealkylation sites (tertiary alicyclic amines) is 1. The van der Waals surface area contributed by atoms with Crippen LogP contribution >= 0.6 is 0 Å². The van der Waals surface area contributed by atoms with Crippen LogP contribution in [-0.2, 0) is 11.3 Å². The summed E-state index contributed by atoms with van der Waals surface area (Å²) in [5.41, 5.74) is 12.8. The Labute approximate surface area is 124 Å². The van der Waals surface area contributed by atoms with Crippen LogP contribution < -0.4 is 20.9 Å². The van der Waals surface area contributed by atoms with Gasteiger partial charge in [-0.1, -0.05) is 0 Å². The lowest BCUT2D eigenvalue weighted by Crippen LogP contribution is -2.37. The molecule has 1 aromatic carbocycles. The first-order valence-electron chi connectivity index (χ1n) is 7.18. The minimum Gasteiger partial charge on any atom is -0.486 e. The van der Waals surface area contributed by atoms with Crippen molar-refractivity contribution in [1.29, 1.82) is 0 Å². The van der Waals surface area contributed by atoms with Crippen molar-refractivity contribution in [2.75, 3.05) is 32.0 Å². The Kier molecular flexibility index (Phi) is 3.41. The number of nitrogens with two attached hydrogens (primary N) is 2. The van der Waals surface area contributed by atoms with Gasteiger partial charge in [-0.25, -0.2) is 0 Å². The molecule has 1 atom stereocenters. The molecule has 0 aromatic heterocycles. The molecular weight excluding hydrogens is 270 g/mol. The molecule has 0 spiro atoms. The van der Waals surface area contributed by atoms with Gasteiger partial charge in [0, 0.05) is 24.8 Å². The number of fused-ring (bicyclic) bond motifs is 1. The lowest BCUT2D eigenvalue weighted by atomic mass is 9.89. The van der Waals surface area contributed by atoms with Crippen LogP contribution in [0.4, 0.5) is 5.69 Å². The molecule has 2 heterocycles. The molecule has 0 saturated carbocycles. The SMILES string of the molecule is CC1(C(N)=O)CCN(Cc2cc3c(cc2N)OCCO3)C1. The Balaban J connectivity index is 1.75. The van der Waals surface area contributed by atoms with Crippen molar-refractivity contribution in [3.8, 4) is 11.5 Å². The van der Waals surface area contributed by atoms with Crippen LogP contribution in [0, 0.1) is 5.41 Å². The van der Waals surface area contributed by atoms with E-state index in [9.17, 15) is 4.79 Å².